The van der Waals surface area contributed by atoms with E-state index in [9.17, 15) is 4.79 Å². The topological polar surface area (TPSA) is 55.1 Å². The van der Waals surface area contributed by atoms with Gasteiger partial charge in [0.2, 0.25) is 5.91 Å². The van der Waals surface area contributed by atoms with Crippen LogP contribution in [0, 0.1) is 19.8 Å². The Kier molecular flexibility index (Phi) is 4.50. The molecule has 0 aliphatic rings. The van der Waals surface area contributed by atoms with Crippen molar-refractivity contribution in [2.45, 2.75) is 20.3 Å². The van der Waals surface area contributed by atoms with Crippen LogP contribution >= 0.6 is 0 Å². The first-order chi connectivity index (χ1) is 7.58. The van der Waals surface area contributed by atoms with E-state index in [2.05, 4.69) is 37.4 Å². The Bertz CT molecular complexity index is 374. The van der Waals surface area contributed by atoms with Gasteiger partial charge in [0.15, 0.2) is 0 Å². The smallest absolute Gasteiger partial charge is 0.224 e. The third-order valence-electron chi connectivity index (χ3n) is 2.87. The zero-order chi connectivity index (χ0) is 12.1. The summed E-state index contributed by atoms with van der Waals surface area (Å²) in [6.45, 7) is 4.52. The quantitative estimate of drug-likeness (QED) is 0.800. The molecular formula is C13H20N2O. The van der Waals surface area contributed by atoms with Gasteiger partial charge in [-0.05, 0) is 31.4 Å². The molecule has 1 unspecified atom stereocenters. The molecule has 3 N–H and O–H groups in total. The molecule has 16 heavy (non-hydrogen) atoms. The van der Waals surface area contributed by atoms with E-state index in [1.54, 1.807) is 7.05 Å². The minimum Gasteiger partial charge on any atom is -0.359 e. The van der Waals surface area contributed by atoms with E-state index in [1.807, 2.05) is 0 Å². The molecule has 1 aromatic rings. The summed E-state index contributed by atoms with van der Waals surface area (Å²) in [7, 11) is 1.65. The van der Waals surface area contributed by atoms with Gasteiger partial charge in [-0.1, -0.05) is 23.8 Å². The van der Waals surface area contributed by atoms with Crippen LogP contribution in [0.4, 0.5) is 0 Å². The van der Waals surface area contributed by atoms with Crippen LogP contribution in [0.3, 0.4) is 0 Å². The molecule has 0 radical (unpaired) electrons. The largest absolute Gasteiger partial charge is 0.359 e. The average molecular weight is 220 g/mol. The SMILES string of the molecule is CNC(=O)C(CN)Cc1ccc(C)cc1C. The molecule has 1 aromatic carbocycles. The number of nitrogens with one attached hydrogen (secondary N) is 1. The lowest BCUT2D eigenvalue weighted by atomic mass is 9.94. The minimum atomic E-state index is -0.133. The van der Waals surface area contributed by atoms with E-state index < -0.39 is 0 Å². The molecule has 0 saturated heterocycles. The molecule has 0 aliphatic heterocycles. The second kappa shape index (κ2) is 5.66. The molecule has 0 fully saturated rings. The van der Waals surface area contributed by atoms with Gasteiger partial charge in [0.05, 0.1) is 5.92 Å². The van der Waals surface area contributed by atoms with Crippen molar-refractivity contribution in [1.82, 2.24) is 5.32 Å². The van der Waals surface area contributed by atoms with Gasteiger partial charge in [0.25, 0.3) is 0 Å². The highest BCUT2D eigenvalue weighted by Gasteiger charge is 2.16. The minimum absolute atomic E-state index is 0.0162. The highest BCUT2D eigenvalue weighted by Crippen LogP contribution is 2.15. The second-order valence-corrected chi connectivity index (χ2v) is 4.18. The molecule has 0 saturated carbocycles. The van der Waals surface area contributed by atoms with Crippen LogP contribution in [0.1, 0.15) is 16.7 Å². The van der Waals surface area contributed by atoms with Crippen LogP contribution in [0.5, 0.6) is 0 Å². The van der Waals surface area contributed by atoms with Gasteiger partial charge in [-0.25, -0.2) is 0 Å². The Morgan fingerprint density at radius 2 is 2.12 bits per heavy atom. The molecule has 3 heteroatoms. The Hall–Kier alpha value is -1.35. The van der Waals surface area contributed by atoms with Crippen molar-refractivity contribution in [3.63, 3.8) is 0 Å². The Morgan fingerprint density at radius 3 is 2.62 bits per heavy atom. The third-order valence-corrected chi connectivity index (χ3v) is 2.87. The van der Waals surface area contributed by atoms with Crippen LogP contribution in [0.15, 0.2) is 18.2 Å². The zero-order valence-electron chi connectivity index (χ0n) is 10.2. The molecule has 88 valence electrons. The van der Waals surface area contributed by atoms with Crippen LogP contribution in [0.25, 0.3) is 0 Å². The van der Waals surface area contributed by atoms with Gasteiger partial charge < -0.3 is 11.1 Å². The van der Waals surface area contributed by atoms with E-state index in [1.165, 1.54) is 16.7 Å². The lowest BCUT2D eigenvalue weighted by Crippen LogP contribution is -2.34. The summed E-state index contributed by atoms with van der Waals surface area (Å²) in [5, 5.41) is 2.65. The third kappa shape index (κ3) is 3.07. The first-order valence-corrected chi connectivity index (χ1v) is 5.56. The number of aryl methyl sites for hydroxylation is 2. The van der Waals surface area contributed by atoms with Crippen LogP contribution < -0.4 is 11.1 Å². The standard InChI is InChI=1S/C13H20N2O/c1-9-4-5-11(10(2)6-9)7-12(8-14)13(16)15-3/h4-6,12H,7-8,14H2,1-3H3,(H,15,16). The van der Waals surface area contributed by atoms with Crippen molar-refractivity contribution in [2.24, 2.45) is 11.7 Å². The van der Waals surface area contributed by atoms with Gasteiger partial charge >= 0.3 is 0 Å². The number of benzene rings is 1. The fourth-order valence-electron chi connectivity index (χ4n) is 1.83. The number of hydrogen-bond acceptors (Lipinski definition) is 2. The fourth-order valence-corrected chi connectivity index (χ4v) is 1.83. The Balaban J connectivity index is 2.82. The average Bonchev–Trinajstić information content (AvgIpc) is 2.27. The Labute approximate surface area is 97.0 Å². The second-order valence-electron chi connectivity index (χ2n) is 4.18. The van der Waals surface area contributed by atoms with Crippen molar-refractivity contribution in [2.75, 3.05) is 13.6 Å². The summed E-state index contributed by atoms with van der Waals surface area (Å²) in [6.07, 6.45) is 0.711. The molecule has 3 nitrogen and oxygen atoms in total. The van der Waals surface area contributed by atoms with E-state index in [-0.39, 0.29) is 11.8 Å². The number of nitrogens with two attached hydrogens (primary N) is 1. The number of hydrogen-bond donors (Lipinski definition) is 2. The predicted molar refractivity (Wildman–Crippen MR) is 66.2 cm³/mol. The van der Waals surface area contributed by atoms with E-state index in [0.717, 1.165) is 0 Å². The molecule has 1 rings (SSSR count). The molecule has 0 aliphatic carbocycles. The monoisotopic (exact) mass is 220 g/mol. The summed E-state index contributed by atoms with van der Waals surface area (Å²) in [6, 6.07) is 6.28. The number of carbonyl (C=O) groups is 1. The summed E-state index contributed by atoms with van der Waals surface area (Å²) in [5.74, 6) is -0.117. The van der Waals surface area contributed by atoms with Crippen LogP contribution in [-0.2, 0) is 11.2 Å². The zero-order valence-corrected chi connectivity index (χ0v) is 10.2. The summed E-state index contributed by atoms with van der Waals surface area (Å²) < 4.78 is 0. The highest BCUT2D eigenvalue weighted by atomic mass is 16.1. The predicted octanol–water partition coefficient (Wildman–Crippen LogP) is 1.17. The van der Waals surface area contributed by atoms with Gasteiger partial charge in [-0.3, -0.25) is 4.79 Å². The first kappa shape index (κ1) is 12.7. The van der Waals surface area contributed by atoms with Gasteiger partial charge in [0, 0.05) is 13.6 Å². The molecule has 0 spiro atoms. The van der Waals surface area contributed by atoms with Crippen molar-refractivity contribution in [3.8, 4) is 0 Å². The van der Waals surface area contributed by atoms with E-state index in [4.69, 9.17) is 5.73 Å². The maximum absolute atomic E-state index is 11.5. The molecule has 1 atom stereocenters. The van der Waals surface area contributed by atoms with Crippen molar-refractivity contribution >= 4 is 5.91 Å². The molecule has 0 heterocycles. The number of carbonyl (C=O) groups excluding carboxylic acids is 1. The molecule has 0 bridgehead atoms. The van der Waals surface area contributed by atoms with Gasteiger partial charge in [0.1, 0.15) is 0 Å². The summed E-state index contributed by atoms with van der Waals surface area (Å²) in [5.41, 5.74) is 9.28. The van der Waals surface area contributed by atoms with E-state index in [0.29, 0.717) is 13.0 Å². The van der Waals surface area contributed by atoms with Gasteiger partial charge in [-0.2, -0.15) is 0 Å². The molecule has 1 amide bonds. The van der Waals surface area contributed by atoms with Crippen molar-refractivity contribution in [3.05, 3.63) is 34.9 Å². The molecule has 0 aromatic heterocycles. The maximum Gasteiger partial charge on any atom is 0.224 e. The van der Waals surface area contributed by atoms with Crippen molar-refractivity contribution in [1.29, 1.82) is 0 Å². The molecular weight excluding hydrogens is 200 g/mol. The maximum atomic E-state index is 11.5. The first-order valence-electron chi connectivity index (χ1n) is 5.56. The Morgan fingerprint density at radius 1 is 1.44 bits per heavy atom. The lowest BCUT2D eigenvalue weighted by molar-refractivity contribution is -0.124. The number of amides is 1. The fraction of sp³-hybridized carbons (Fsp3) is 0.462. The van der Waals surface area contributed by atoms with E-state index >= 15 is 0 Å². The van der Waals surface area contributed by atoms with Crippen LogP contribution in [-0.4, -0.2) is 19.5 Å². The highest BCUT2D eigenvalue weighted by molar-refractivity contribution is 5.78. The van der Waals surface area contributed by atoms with Crippen LogP contribution in [0.2, 0.25) is 0 Å². The summed E-state index contributed by atoms with van der Waals surface area (Å²) >= 11 is 0. The summed E-state index contributed by atoms with van der Waals surface area (Å²) in [4.78, 5) is 11.5. The number of rotatable bonds is 4. The lowest BCUT2D eigenvalue weighted by Gasteiger charge is -2.15. The normalized spacial score (nSPS) is 12.2. The van der Waals surface area contributed by atoms with Gasteiger partial charge in [-0.15, -0.1) is 0 Å². The van der Waals surface area contributed by atoms with Crippen molar-refractivity contribution < 1.29 is 4.79 Å².